The van der Waals surface area contributed by atoms with Crippen LogP contribution in [-0.2, 0) is 20.5 Å². The highest BCUT2D eigenvalue weighted by Crippen LogP contribution is 2.38. The van der Waals surface area contributed by atoms with E-state index in [1.807, 2.05) is 0 Å². The summed E-state index contributed by atoms with van der Waals surface area (Å²) >= 11 is 0. The molecule has 0 spiro atoms. The van der Waals surface area contributed by atoms with Crippen LogP contribution in [0.25, 0.3) is 0 Å². The number of aliphatic carboxylic acids is 1. The molecule has 0 radical (unpaired) electrons. The van der Waals surface area contributed by atoms with Crippen LogP contribution in [0.1, 0.15) is 17.2 Å². The van der Waals surface area contributed by atoms with Crippen LogP contribution in [0.2, 0.25) is 0 Å². The minimum atomic E-state index is -4.64. The van der Waals surface area contributed by atoms with Crippen molar-refractivity contribution in [2.24, 2.45) is 0 Å². The smallest absolute Gasteiger partial charge is 0.416 e. The summed E-state index contributed by atoms with van der Waals surface area (Å²) in [6, 6.07) is 3.08. The Morgan fingerprint density at radius 1 is 1.38 bits per heavy atom. The van der Waals surface area contributed by atoms with Crippen molar-refractivity contribution in [3.8, 4) is 0 Å². The summed E-state index contributed by atoms with van der Waals surface area (Å²) in [5, 5.41) is 9.20. The minimum absolute atomic E-state index is 0.295. The average Bonchev–Trinajstić information content (AvgIpc) is 2.40. The molecule has 1 aliphatic heterocycles. The number of carbonyl (C=O) groups excluding carboxylic acids is 1. The zero-order valence-electron chi connectivity index (χ0n) is 10.9. The lowest BCUT2D eigenvalue weighted by atomic mass is 9.94. The van der Waals surface area contributed by atoms with E-state index >= 15 is 0 Å². The zero-order valence-corrected chi connectivity index (χ0v) is 10.9. The molecule has 21 heavy (non-hydrogen) atoms. The van der Waals surface area contributed by atoms with E-state index < -0.39 is 42.4 Å². The molecule has 1 fully saturated rings. The Bertz CT molecular complexity index is 573. The molecule has 114 valence electrons. The van der Waals surface area contributed by atoms with Gasteiger partial charge in [0.15, 0.2) is 6.04 Å². The molecule has 0 bridgehead atoms. The molecule has 5 nitrogen and oxygen atoms in total. The second-order valence-corrected chi connectivity index (χ2v) is 4.60. The van der Waals surface area contributed by atoms with Gasteiger partial charge in [-0.3, -0.25) is 4.79 Å². The van der Waals surface area contributed by atoms with Crippen molar-refractivity contribution in [1.29, 1.82) is 0 Å². The van der Waals surface area contributed by atoms with E-state index in [-0.39, 0.29) is 5.56 Å². The van der Waals surface area contributed by atoms with Gasteiger partial charge in [-0.1, -0.05) is 18.2 Å². The van der Waals surface area contributed by atoms with E-state index in [1.165, 1.54) is 19.2 Å². The number of benzene rings is 1. The van der Waals surface area contributed by atoms with Crippen LogP contribution < -0.4 is 0 Å². The van der Waals surface area contributed by atoms with E-state index in [2.05, 4.69) is 0 Å². The third-order valence-electron chi connectivity index (χ3n) is 3.31. The summed E-state index contributed by atoms with van der Waals surface area (Å²) in [6.07, 6.45) is -6.01. The van der Waals surface area contributed by atoms with Crippen LogP contribution in [0.15, 0.2) is 24.3 Å². The monoisotopic (exact) mass is 303 g/mol. The Labute approximate surface area is 117 Å². The lowest BCUT2D eigenvalue weighted by molar-refractivity contribution is -0.171. The number of amides is 1. The number of likely N-dealkylation sites (N-methyl/N-ethyl adjacent to an activating group) is 1. The zero-order chi connectivity index (χ0) is 15.8. The fourth-order valence-corrected chi connectivity index (χ4v) is 2.27. The van der Waals surface area contributed by atoms with E-state index in [0.29, 0.717) is 0 Å². The van der Waals surface area contributed by atoms with Crippen molar-refractivity contribution in [2.75, 3.05) is 13.7 Å². The standard InChI is InChI=1S/C13H12F3NO4/c1-17-9(18)6-21-11(10(17)12(19)20)7-4-2-3-5-8(7)13(14,15)16/h2-5,10-11H,6H2,1H3,(H,19,20). The second kappa shape index (κ2) is 5.36. The highest BCUT2D eigenvalue weighted by atomic mass is 19.4. The van der Waals surface area contributed by atoms with Gasteiger partial charge in [-0.25, -0.2) is 4.79 Å². The predicted molar refractivity (Wildman–Crippen MR) is 64.3 cm³/mol. The molecule has 1 aromatic rings. The fraction of sp³-hybridized carbons (Fsp3) is 0.385. The number of alkyl halides is 3. The molecule has 1 N–H and O–H groups in total. The molecule has 0 aromatic heterocycles. The SMILES string of the molecule is CN1C(=O)COC(c2ccccc2C(F)(F)F)C1C(=O)O. The van der Waals surface area contributed by atoms with E-state index in [0.717, 1.165) is 17.0 Å². The number of carbonyl (C=O) groups is 2. The molecule has 0 saturated carbocycles. The van der Waals surface area contributed by atoms with Gasteiger partial charge in [0.1, 0.15) is 12.7 Å². The normalized spacial score (nSPS) is 23.2. The lowest BCUT2D eigenvalue weighted by Crippen LogP contribution is -2.52. The van der Waals surface area contributed by atoms with Gasteiger partial charge in [-0.2, -0.15) is 13.2 Å². The first kappa shape index (κ1) is 15.3. The summed E-state index contributed by atoms with van der Waals surface area (Å²) in [5.74, 6) is -2.02. The number of rotatable bonds is 2. The van der Waals surface area contributed by atoms with Crippen LogP contribution >= 0.6 is 0 Å². The number of hydrogen-bond acceptors (Lipinski definition) is 3. The maximum atomic E-state index is 13.0. The summed E-state index contributed by atoms with van der Waals surface area (Å²) in [7, 11) is 1.23. The first-order chi connectivity index (χ1) is 9.73. The van der Waals surface area contributed by atoms with Gasteiger partial charge in [0.2, 0.25) is 5.91 Å². The molecule has 1 aliphatic rings. The van der Waals surface area contributed by atoms with Gasteiger partial charge in [0.25, 0.3) is 0 Å². The Kier molecular flexibility index (Phi) is 3.91. The van der Waals surface area contributed by atoms with Gasteiger partial charge in [0.05, 0.1) is 5.56 Å². The van der Waals surface area contributed by atoms with Gasteiger partial charge >= 0.3 is 12.1 Å². The first-order valence-electron chi connectivity index (χ1n) is 5.99. The highest BCUT2D eigenvalue weighted by molar-refractivity contribution is 5.86. The molecule has 2 unspecified atom stereocenters. The average molecular weight is 303 g/mol. The number of nitrogens with zero attached hydrogens (tertiary/aromatic N) is 1. The molecular weight excluding hydrogens is 291 g/mol. The Hall–Kier alpha value is -2.09. The van der Waals surface area contributed by atoms with Crippen molar-refractivity contribution in [3.63, 3.8) is 0 Å². The number of carboxylic acid groups (broad SMARTS) is 1. The number of carboxylic acids is 1. The maximum absolute atomic E-state index is 13.0. The van der Waals surface area contributed by atoms with Crippen LogP contribution in [0.4, 0.5) is 13.2 Å². The van der Waals surface area contributed by atoms with Gasteiger partial charge in [-0.05, 0) is 11.6 Å². The first-order valence-corrected chi connectivity index (χ1v) is 5.99. The number of morpholine rings is 1. The van der Waals surface area contributed by atoms with E-state index in [9.17, 15) is 27.9 Å². The molecule has 1 aromatic carbocycles. The van der Waals surface area contributed by atoms with Crippen LogP contribution in [0.5, 0.6) is 0 Å². The summed E-state index contributed by atoms with van der Waals surface area (Å²) in [6.45, 7) is -0.461. The molecule has 8 heteroatoms. The van der Waals surface area contributed by atoms with Crippen molar-refractivity contribution in [3.05, 3.63) is 35.4 Å². The third-order valence-corrected chi connectivity index (χ3v) is 3.31. The molecule has 0 aliphatic carbocycles. The number of halogens is 3. The third kappa shape index (κ3) is 2.85. The molecule has 1 amide bonds. The number of ether oxygens (including phenoxy) is 1. The van der Waals surface area contributed by atoms with Crippen molar-refractivity contribution < 1.29 is 32.6 Å². The van der Waals surface area contributed by atoms with E-state index in [1.54, 1.807) is 0 Å². The fourth-order valence-electron chi connectivity index (χ4n) is 2.27. The van der Waals surface area contributed by atoms with Gasteiger partial charge < -0.3 is 14.7 Å². The Morgan fingerprint density at radius 2 is 2.00 bits per heavy atom. The molecular formula is C13H12F3NO4. The van der Waals surface area contributed by atoms with Gasteiger partial charge in [0, 0.05) is 7.05 Å². The predicted octanol–water partition coefficient (Wildman–Crippen LogP) is 1.69. The Balaban J connectivity index is 2.50. The summed E-state index contributed by atoms with van der Waals surface area (Å²) in [5.41, 5.74) is -1.26. The van der Waals surface area contributed by atoms with Crippen LogP contribution in [-0.4, -0.2) is 41.6 Å². The number of hydrogen-bond donors (Lipinski definition) is 1. The summed E-state index contributed by atoms with van der Waals surface area (Å²) < 4.78 is 44.1. The topological polar surface area (TPSA) is 66.8 Å². The molecule has 2 atom stereocenters. The molecule has 1 heterocycles. The van der Waals surface area contributed by atoms with Crippen LogP contribution in [0, 0.1) is 0 Å². The lowest BCUT2D eigenvalue weighted by Gasteiger charge is -2.37. The molecule has 1 saturated heterocycles. The van der Waals surface area contributed by atoms with E-state index in [4.69, 9.17) is 4.74 Å². The highest BCUT2D eigenvalue weighted by Gasteiger charge is 2.44. The van der Waals surface area contributed by atoms with Crippen molar-refractivity contribution >= 4 is 11.9 Å². The minimum Gasteiger partial charge on any atom is -0.480 e. The van der Waals surface area contributed by atoms with Crippen LogP contribution in [0.3, 0.4) is 0 Å². The quantitative estimate of drug-likeness (QED) is 0.903. The maximum Gasteiger partial charge on any atom is 0.416 e. The Morgan fingerprint density at radius 3 is 2.57 bits per heavy atom. The second-order valence-electron chi connectivity index (χ2n) is 4.60. The molecule has 2 rings (SSSR count). The van der Waals surface area contributed by atoms with Gasteiger partial charge in [-0.15, -0.1) is 0 Å². The largest absolute Gasteiger partial charge is 0.480 e. The van der Waals surface area contributed by atoms with Crippen molar-refractivity contribution in [2.45, 2.75) is 18.3 Å². The van der Waals surface area contributed by atoms with Crippen molar-refractivity contribution in [1.82, 2.24) is 4.90 Å². The summed E-state index contributed by atoms with van der Waals surface area (Å²) in [4.78, 5) is 23.7.